The Morgan fingerprint density at radius 2 is 1.80 bits per heavy atom. The van der Waals surface area contributed by atoms with Crippen molar-refractivity contribution in [1.82, 2.24) is 4.90 Å². The molecule has 0 aliphatic carbocycles. The third kappa shape index (κ3) is 3.07. The minimum atomic E-state index is -0.507. The highest BCUT2D eigenvalue weighted by atomic mass is 16.6. The molecule has 0 spiro atoms. The summed E-state index contributed by atoms with van der Waals surface area (Å²) in [6.07, 6.45) is 3.21. The SMILES string of the molecule is CCOC(=O)[C@@H]1CCC2CC[C@@H]1N2C(=O)OC(C)(C)C. The van der Waals surface area contributed by atoms with Crippen LogP contribution < -0.4 is 0 Å². The number of fused-ring (bicyclic) bond motifs is 2. The Labute approximate surface area is 120 Å². The van der Waals surface area contributed by atoms with Gasteiger partial charge in [0.1, 0.15) is 5.60 Å². The summed E-state index contributed by atoms with van der Waals surface area (Å²) in [5.74, 6) is -0.368. The van der Waals surface area contributed by atoms with E-state index in [1.807, 2.05) is 27.7 Å². The van der Waals surface area contributed by atoms with Gasteiger partial charge in [0.25, 0.3) is 0 Å². The highest BCUT2D eigenvalue weighted by molar-refractivity contribution is 5.76. The van der Waals surface area contributed by atoms with Crippen molar-refractivity contribution in [2.45, 2.75) is 71.1 Å². The van der Waals surface area contributed by atoms with Crippen LogP contribution in [0.4, 0.5) is 4.79 Å². The van der Waals surface area contributed by atoms with Crippen molar-refractivity contribution >= 4 is 12.1 Å². The second-order valence-corrected chi connectivity index (χ2v) is 6.62. The van der Waals surface area contributed by atoms with E-state index in [4.69, 9.17) is 9.47 Å². The summed E-state index contributed by atoms with van der Waals surface area (Å²) >= 11 is 0. The van der Waals surface area contributed by atoms with Crippen molar-refractivity contribution in [2.24, 2.45) is 5.92 Å². The van der Waals surface area contributed by atoms with Crippen LogP contribution in [0.15, 0.2) is 0 Å². The first-order valence-electron chi connectivity index (χ1n) is 7.51. The summed E-state index contributed by atoms with van der Waals surface area (Å²) in [5.41, 5.74) is -0.507. The standard InChI is InChI=1S/C15H25NO4/c1-5-19-13(17)11-8-6-10-7-9-12(11)16(10)14(18)20-15(2,3)4/h10-12H,5-9H2,1-4H3/t10?,11-,12+/m1/s1. The van der Waals surface area contributed by atoms with Crippen molar-refractivity contribution < 1.29 is 19.1 Å². The molecule has 5 heteroatoms. The molecule has 3 atom stereocenters. The Bertz CT molecular complexity index is 388. The fraction of sp³-hybridized carbons (Fsp3) is 0.867. The Morgan fingerprint density at radius 1 is 1.15 bits per heavy atom. The zero-order valence-electron chi connectivity index (χ0n) is 12.8. The predicted octanol–water partition coefficient (Wildman–Crippen LogP) is 2.73. The summed E-state index contributed by atoms with van der Waals surface area (Å²) in [5, 5.41) is 0. The minimum absolute atomic E-state index is 0.0531. The zero-order valence-corrected chi connectivity index (χ0v) is 12.8. The summed E-state index contributed by atoms with van der Waals surface area (Å²) in [6.45, 7) is 7.78. The van der Waals surface area contributed by atoms with Gasteiger partial charge < -0.3 is 14.4 Å². The first-order chi connectivity index (χ1) is 9.33. The molecule has 2 heterocycles. The predicted molar refractivity (Wildman–Crippen MR) is 74.2 cm³/mol. The van der Waals surface area contributed by atoms with E-state index in [9.17, 15) is 9.59 Å². The molecule has 2 rings (SSSR count). The largest absolute Gasteiger partial charge is 0.466 e. The fourth-order valence-corrected chi connectivity index (χ4v) is 3.28. The molecular formula is C15H25NO4. The summed E-state index contributed by atoms with van der Waals surface area (Å²) in [4.78, 5) is 26.2. The molecule has 0 aromatic rings. The quantitative estimate of drug-likeness (QED) is 0.731. The minimum Gasteiger partial charge on any atom is -0.466 e. The van der Waals surface area contributed by atoms with Crippen LogP contribution in [0.3, 0.4) is 0 Å². The molecule has 2 bridgehead atoms. The Balaban J connectivity index is 2.10. The third-order valence-electron chi connectivity index (χ3n) is 4.02. The van der Waals surface area contributed by atoms with Gasteiger partial charge in [0, 0.05) is 12.1 Å². The van der Waals surface area contributed by atoms with Crippen LogP contribution >= 0.6 is 0 Å². The van der Waals surface area contributed by atoms with Crippen LogP contribution in [0.1, 0.15) is 53.4 Å². The van der Waals surface area contributed by atoms with Gasteiger partial charge in [-0.05, 0) is 53.4 Å². The molecular weight excluding hydrogens is 258 g/mol. The number of amides is 1. The van der Waals surface area contributed by atoms with Crippen molar-refractivity contribution in [2.75, 3.05) is 6.61 Å². The van der Waals surface area contributed by atoms with Gasteiger partial charge >= 0.3 is 12.1 Å². The monoisotopic (exact) mass is 283 g/mol. The first kappa shape index (κ1) is 15.1. The van der Waals surface area contributed by atoms with Gasteiger partial charge in [-0.2, -0.15) is 0 Å². The summed E-state index contributed by atoms with van der Waals surface area (Å²) in [7, 11) is 0. The molecule has 1 amide bonds. The van der Waals surface area contributed by atoms with Crippen molar-refractivity contribution in [3.05, 3.63) is 0 Å². The van der Waals surface area contributed by atoms with Crippen LogP contribution in [0.5, 0.6) is 0 Å². The van der Waals surface area contributed by atoms with Gasteiger partial charge in [0.15, 0.2) is 0 Å². The highest BCUT2D eigenvalue weighted by Crippen LogP contribution is 2.40. The van der Waals surface area contributed by atoms with Crippen LogP contribution in [-0.2, 0) is 14.3 Å². The smallest absolute Gasteiger partial charge is 0.410 e. The molecule has 0 N–H and O–H groups in total. The lowest BCUT2D eigenvalue weighted by Gasteiger charge is -2.39. The Hall–Kier alpha value is -1.26. The lowest BCUT2D eigenvalue weighted by atomic mass is 9.90. The zero-order chi connectivity index (χ0) is 14.9. The van der Waals surface area contributed by atoms with Gasteiger partial charge in [-0.1, -0.05) is 0 Å². The molecule has 0 aromatic heterocycles. The molecule has 2 aliphatic heterocycles. The fourth-order valence-electron chi connectivity index (χ4n) is 3.28. The first-order valence-corrected chi connectivity index (χ1v) is 7.51. The van der Waals surface area contributed by atoms with Crippen LogP contribution in [-0.4, -0.2) is 41.3 Å². The van der Waals surface area contributed by atoms with E-state index < -0.39 is 5.60 Å². The number of hydrogen-bond acceptors (Lipinski definition) is 4. The number of rotatable bonds is 2. The molecule has 0 saturated carbocycles. The Kier molecular flexibility index (Phi) is 4.25. The van der Waals surface area contributed by atoms with Gasteiger partial charge in [-0.3, -0.25) is 4.79 Å². The van der Waals surface area contributed by atoms with Crippen molar-refractivity contribution in [1.29, 1.82) is 0 Å². The number of carbonyl (C=O) groups excluding carboxylic acids is 2. The van der Waals surface area contributed by atoms with E-state index in [1.165, 1.54) is 0 Å². The van der Waals surface area contributed by atoms with E-state index in [-0.39, 0.29) is 30.1 Å². The van der Waals surface area contributed by atoms with Crippen molar-refractivity contribution in [3.63, 3.8) is 0 Å². The molecule has 2 aliphatic rings. The average molecular weight is 283 g/mol. The van der Waals surface area contributed by atoms with E-state index in [2.05, 4.69) is 0 Å². The topological polar surface area (TPSA) is 55.8 Å². The maximum absolute atomic E-state index is 12.4. The van der Waals surface area contributed by atoms with Gasteiger partial charge in [-0.25, -0.2) is 4.79 Å². The van der Waals surface area contributed by atoms with Crippen LogP contribution in [0.2, 0.25) is 0 Å². The second-order valence-electron chi connectivity index (χ2n) is 6.62. The number of ether oxygens (including phenoxy) is 2. The van der Waals surface area contributed by atoms with E-state index >= 15 is 0 Å². The lowest BCUT2D eigenvalue weighted by Crippen LogP contribution is -2.51. The van der Waals surface area contributed by atoms with Gasteiger partial charge in [-0.15, -0.1) is 0 Å². The number of hydrogen-bond donors (Lipinski definition) is 0. The number of nitrogens with zero attached hydrogens (tertiary/aromatic N) is 1. The molecule has 2 fully saturated rings. The second kappa shape index (κ2) is 5.62. The molecule has 114 valence electrons. The third-order valence-corrected chi connectivity index (χ3v) is 4.02. The van der Waals surface area contributed by atoms with E-state index in [1.54, 1.807) is 4.90 Å². The van der Waals surface area contributed by atoms with E-state index in [0.717, 1.165) is 25.7 Å². The van der Waals surface area contributed by atoms with Crippen molar-refractivity contribution in [3.8, 4) is 0 Å². The molecule has 2 saturated heterocycles. The molecule has 0 radical (unpaired) electrons. The highest BCUT2D eigenvalue weighted by Gasteiger charge is 2.49. The molecule has 5 nitrogen and oxygen atoms in total. The maximum atomic E-state index is 12.4. The lowest BCUT2D eigenvalue weighted by molar-refractivity contribution is -0.151. The summed E-state index contributed by atoms with van der Waals surface area (Å²) in [6, 6.07) is 0.170. The molecule has 20 heavy (non-hydrogen) atoms. The molecule has 1 unspecified atom stereocenters. The number of esters is 1. The van der Waals surface area contributed by atoms with Gasteiger partial charge in [0.05, 0.1) is 12.5 Å². The average Bonchev–Trinajstić information content (AvgIpc) is 2.62. The van der Waals surface area contributed by atoms with E-state index in [0.29, 0.717) is 6.61 Å². The summed E-state index contributed by atoms with van der Waals surface area (Å²) < 4.78 is 10.6. The Morgan fingerprint density at radius 3 is 2.40 bits per heavy atom. The van der Waals surface area contributed by atoms with Crippen LogP contribution in [0, 0.1) is 5.92 Å². The maximum Gasteiger partial charge on any atom is 0.410 e. The number of piperidine rings is 1. The molecule has 0 aromatic carbocycles. The van der Waals surface area contributed by atoms with Gasteiger partial charge in [0.2, 0.25) is 0 Å². The normalized spacial score (nSPS) is 29.2. The number of carbonyl (C=O) groups is 2. The van der Waals surface area contributed by atoms with Crippen LogP contribution in [0.25, 0.3) is 0 Å².